The number of nitrogens with one attached hydrogen (secondary N) is 1. The van der Waals surface area contributed by atoms with Crippen LogP contribution < -0.4 is 10.1 Å². The zero-order chi connectivity index (χ0) is 18.2. The predicted molar refractivity (Wildman–Crippen MR) is 90.0 cm³/mol. The Hall–Kier alpha value is -2.83. The Labute approximate surface area is 145 Å². The van der Waals surface area contributed by atoms with Crippen LogP contribution in [-0.2, 0) is 16.9 Å². The van der Waals surface area contributed by atoms with E-state index in [0.29, 0.717) is 23.6 Å². The molecule has 1 fully saturated rings. The first kappa shape index (κ1) is 17.0. The van der Waals surface area contributed by atoms with Crippen molar-refractivity contribution in [3.63, 3.8) is 0 Å². The molecule has 25 heavy (non-hydrogen) atoms. The first-order chi connectivity index (χ1) is 11.9. The minimum absolute atomic E-state index is 0.143. The lowest BCUT2D eigenvalue weighted by Crippen LogP contribution is -2.43. The third kappa shape index (κ3) is 2.65. The predicted octanol–water partition coefficient (Wildman–Crippen LogP) is 2.66. The molecule has 7 heteroatoms. The average Bonchev–Trinajstić information content (AvgIpc) is 3.07. The first-order valence-electron chi connectivity index (χ1n) is 8.13. The van der Waals surface area contributed by atoms with Gasteiger partial charge in [-0.1, -0.05) is 24.2 Å². The highest BCUT2D eigenvalue weighted by Gasteiger charge is 2.51. The van der Waals surface area contributed by atoms with Gasteiger partial charge < -0.3 is 14.6 Å². The number of rotatable bonds is 5. The molecule has 1 unspecified atom stereocenters. The van der Waals surface area contributed by atoms with Gasteiger partial charge in [0.15, 0.2) is 0 Å². The Kier molecular flexibility index (Phi) is 4.24. The SMILES string of the molecule is CCC1(c2ccc(OC)cc2)NC(=O)N(Cc2c(C)noc2C)C1=O. The quantitative estimate of drug-likeness (QED) is 0.844. The van der Waals surface area contributed by atoms with E-state index < -0.39 is 11.6 Å². The van der Waals surface area contributed by atoms with Gasteiger partial charge in [0.05, 0.1) is 19.3 Å². The van der Waals surface area contributed by atoms with E-state index in [1.807, 2.05) is 6.92 Å². The van der Waals surface area contributed by atoms with Crippen LogP contribution in [0.3, 0.4) is 0 Å². The molecule has 7 nitrogen and oxygen atoms in total. The zero-order valence-electron chi connectivity index (χ0n) is 14.8. The lowest BCUT2D eigenvalue weighted by atomic mass is 9.87. The molecule has 3 amide bonds. The van der Waals surface area contributed by atoms with Crippen molar-refractivity contribution in [3.8, 4) is 5.75 Å². The van der Waals surface area contributed by atoms with Crippen LogP contribution in [0, 0.1) is 13.8 Å². The Morgan fingerprint density at radius 1 is 1.24 bits per heavy atom. The highest BCUT2D eigenvalue weighted by molar-refractivity contribution is 6.07. The van der Waals surface area contributed by atoms with Crippen LogP contribution in [0.15, 0.2) is 28.8 Å². The minimum atomic E-state index is -1.07. The van der Waals surface area contributed by atoms with E-state index in [1.54, 1.807) is 45.2 Å². The van der Waals surface area contributed by atoms with Crippen molar-refractivity contribution in [2.75, 3.05) is 7.11 Å². The summed E-state index contributed by atoms with van der Waals surface area (Å²) in [7, 11) is 1.58. The van der Waals surface area contributed by atoms with Crippen molar-refractivity contribution in [1.29, 1.82) is 0 Å². The van der Waals surface area contributed by atoms with E-state index in [1.165, 1.54) is 4.90 Å². The maximum absolute atomic E-state index is 13.1. The monoisotopic (exact) mass is 343 g/mol. The highest BCUT2D eigenvalue weighted by Crippen LogP contribution is 2.34. The molecule has 1 atom stereocenters. The van der Waals surface area contributed by atoms with Crippen molar-refractivity contribution in [1.82, 2.24) is 15.4 Å². The van der Waals surface area contributed by atoms with Gasteiger partial charge in [-0.3, -0.25) is 9.69 Å². The molecule has 1 N–H and O–H groups in total. The minimum Gasteiger partial charge on any atom is -0.497 e. The summed E-state index contributed by atoms with van der Waals surface area (Å²) in [5, 5.41) is 6.75. The normalized spacial score (nSPS) is 20.1. The third-order valence-electron chi connectivity index (χ3n) is 4.79. The Morgan fingerprint density at radius 2 is 1.92 bits per heavy atom. The van der Waals surface area contributed by atoms with Gasteiger partial charge in [0.25, 0.3) is 5.91 Å². The molecule has 2 heterocycles. The highest BCUT2D eigenvalue weighted by atomic mass is 16.5. The molecule has 0 bridgehead atoms. The van der Waals surface area contributed by atoms with Crippen molar-refractivity contribution < 1.29 is 18.8 Å². The average molecular weight is 343 g/mol. The maximum Gasteiger partial charge on any atom is 0.325 e. The molecule has 1 aromatic carbocycles. The Balaban J connectivity index is 1.94. The number of benzene rings is 1. The number of hydrogen-bond acceptors (Lipinski definition) is 5. The molecule has 0 aliphatic carbocycles. The van der Waals surface area contributed by atoms with E-state index in [4.69, 9.17) is 9.26 Å². The fourth-order valence-electron chi connectivity index (χ4n) is 3.17. The van der Waals surface area contributed by atoms with Crippen molar-refractivity contribution >= 4 is 11.9 Å². The second-order valence-electron chi connectivity index (χ2n) is 6.11. The fourth-order valence-corrected chi connectivity index (χ4v) is 3.17. The number of nitrogens with zero attached hydrogens (tertiary/aromatic N) is 2. The molecule has 3 rings (SSSR count). The molecule has 1 saturated heterocycles. The largest absolute Gasteiger partial charge is 0.497 e. The number of methoxy groups -OCH3 is 1. The standard InChI is InChI=1S/C18H21N3O4/c1-5-18(13-6-8-14(24-4)9-7-13)16(22)21(17(23)19-18)10-15-11(2)20-25-12(15)3/h6-9H,5,10H2,1-4H3,(H,19,23). The van der Waals surface area contributed by atoms with Gasteiger partial charge in [0.1, 0.15) is 17.0 Å². The molecule has 1 aliphatic rings. The topological polar surface area (TPSA) is 84.7 Å². The summed E-state index contributed by atoms with van der Waals surface area (Å²) in [6, 6.07) is 6.76. The number of amides is 3. The summed E-state index contributed by atoms with van der Waals surface area (Å²) in [6.45, 7) is 5.58. The summed E-state index contributed by atoms with van der Waals surface area (Å²) >= 11 is 0. The van der Waals surface area contributed by atoms with Crippen LogP contribution in [-0.4, -0.2) is 29.1 Å². The molecule has 132 valence electrons. The summed E-state index contributed by atoms with van der Waals surface area (Å²) in [5.41, 5.74) is 1.10. The van der Waals surface area contributed by atoms with E-state index >= 15 is 0 Å². The van der Waals surface area contributed by atoms with Crippen molar-refractivity contribution in [2.45, 2.75) is 39.3 Å². The number of aryl methyl sites for hydroxylation is 2. The van der Waals surface area contributed by atoms with E-state index in [2.05, 4.69) is 10.5 Å². The molecular formula is C18H21N3O4. The van der Waals surface area contributed by atoms with Crippen LogP contribution in [0.25, 0.3) is 0 Å². The molecule has 0 spiro atoms. The first-order valence-corrected chi connectivity index (χ1v) is 8.13. The smallest absolute Gasteiger partial charge is 0.325 e. The lowest BCUT2D eigenvalue weighted by Gasteiger charge is -2.26. The number of ether oxygens (including phenoxy) is 1. The second-order valence-corrected chi connectivity index (χ2v) is 6.11. The Bertz CT molecular complexity index is 793. The number of carbonyl (C=O) groups is 2. The number of urea groups is 1. The maximum atomic E-state index is 13.1. The number of imide groups is 1. The fraction of sp³-hybridized carbons (Fsp3) is 0.389. The van der Waals surface area contributed by atoms with Crippen LogP contribution in [0.5, 0.6) is 5.75 Å². The molecule has 2 aromatic rings. The summed E-state index contributed by atoms with van der Waals surface area (Å²) in [6.07, 6.45) is 0.446. The van der Waals surface area contributed by atoms with E-state index in [0.717, 1.165) is 11.1 Å². The van der Waals surface area contributed by atoms with Gasteiger partial charge in [0, 0.05) is 5.56 Å². The van der Waals surface area contributed by atoms with Crippen LogP contribution in [0.2, 0.25) is 0 Å². The van der Waals surface area contributed by atoms with Crippen molar-refractivity contribution in [3.05, 3.63) is 46.8 Å². The van der Waals surface area contributed by atoms with Crippen molar-refractivity contribution in [2.24, 2.45) is 0 Å². The molecule has 0 saturated carbocycles. The lowest BCUT2D eigenvalue weighted by molar-refractivity contribution is -0.132. The summed E-state index contributed by atoms with van der Waals surface area (Å²) < 4.78 is 10.3. The van der Waals surface area contributed by atoms with Crippen LogP contribution >= 0.6 is 0 Å². The van der Waals surface area contributed by atoms with Gasteiger partial charge in [-0.2, -0.15) is 0 Å². The second kappa shape index (κ2) is 6.23. The number of aromatic nitrogens is 1. The van der Waals surface area contributed by atoms with Gasteiger partial charge in [-0.05, 0) is 38.0 Å². The third-order valence-corrected chi connectivity index (χ3v) is 4.79. The summed E-state index contributed by atoms with van der Waals surface area (Å²) in [4.78, 5) is 26.9. The van der Waals surface area contributed by atoms with Crippen LogP contribution in [0.4, 0.5) is 4.79 Å². The van der Waals surface area contributed by atoms with E-state index in [-0.39, 0.29) is 12.5 Å². The zero-order valence-corrected chi connectivity index (χ0v) is 14.8. The molecule has 0 radical (unpaired) electrons. The van der Waals surface area contributed by atoms with Gasteiger partial charge in [-0.15, -0.1) is 0 Å². The van der Waals surface area contributed by atoms with Crippen LogP contribution in [0.1, 0.15) is 35.9 Å². The van der Waals surface area contributed by atoms with E-state index in [9.17, 15) is 9.59 Å². The molecular weight excluding hydrogens is 322 g/mol. The van der Waals surface area contributed by atoms with Gasteiger partial charge in [0.2, 0.25) is 0 Å². The Morgan fingerprint density at radius 3 is 2.44 bits per heavy atom. The molecule has 1 aliphatic heterocycles. The summed E-state index contributed by atoms with van der Waals surface area (Å²) in [5.74, 6) is 1.03. The number of hydrogen-bond donors (Lipinski definition) is 1. The number of carbonyl (C=O) groups excluding carboxylic acids is 2. The van der Waals surface area contributed by atoms with Gasteiger partial charge in [-0.25, -0.2) is 4.79 Å². The van der Waals surface area contributed by atoms with Gasteiger partial charge >= 0.3 is 6.03 Å². The molecule has 1 aromatic heterocycles.